The maximum absolute atomic E-state index is 14.1. The molecule has 0 bridgehead atoms. The molecule has 0 radical (unpaired) electrons. The standard InChI is InChI=1S/C38H38F3N3O3/c1-2-3-16-28-31(44-21-12-5-13-22-44)23-30(43-36(45)29-19-10-11-20-32(29)47-25-14-6-4-7-15-25)33-26-17-8-9-18-27(26)35(34(28)33)37(46)42-24-38(39,40)41/h4,6-11,14-15,17-20,23,35H,2-3,5,12-13,16,21-22,24H2,1H3,(H,42,46)(H,43,45). The molecule has 1 fully saturated rings. The van der Waals surface area contributed by atoms with E-state index in [1.165, 1.54) is 0 Å². The number of nitrogens with zero attached hydrogens (tertiary/aromatic N) is 1. The maximum atomic E-state index is 14.1. The van der Waals surface area contributed by atoms with Gasteiger partial charge in [-0.2, -0.15) is 13.2 Å². The average Bonchev–Trinajstić information content (AvgIpc) is 3.43. The molecule has 9 heteroatoms. The van der Waals surface area contributed by atoms with Gasteiger partial charge >= 0.3 is 6.18 Å². The van der Waals surface area contributed by atoms with Crippen LogP contribution in [-0.4, -0.2) is 37.6 Å². The van der Waals surface area contributed by atoms with E-state index in [4.69, 9.17) is 4.74 Å². The summed E-state index contributed by atoms with van der Waals surface area (Å²) in [7, 11) is 0. The van der Waals surface area contributed by atoms with Gasteiger partial charge in [-0.1, -0.05) is 67.9 Å². The molecule has 1 aliphatic heterocycles. The summed E-state index contributed by atoms with van der Waals surface area (Å²) in [6.45, 7) is 2.30. The second-order valence-electron chi connectivity index (χ2n) is 12.1. The smallest absolute Gasteiger partial charge is 0.405 e. The number of hydrogen-bond acceptors (Lipinski definition) is 4. The minimum absolute atomic E-state index is 0.324. The Labute approximate surface area is 272 Å². The quantitative estimate of drug-likeness (QED) is 0.182. The van der Waals surface area contributed by atoms with Crippen LogP contribution in [0.15, 0.2) is 84.9 Å². The zero-order valence-corrected chi connectivity index (χ0v) is 26.3. The first-order chi connectivity index (χ1) is 22.7. The zero-order valence-electron chi connectivity index (χ0n) is 26.3. The van der Waals surface area contributed by atoms with Crippen molar-refractivity contribution in [2.75, 3.05) is 29.9 Å². The van der Waals surface area contributed by atoms with Crippen LogP contribution in [0.4, 0.5) is 24.5 Å². The molecule has 47 heavy (non-hydrogen) atoms. The molecule has 6 rings (SSSR count). The lowest BCUT2D eigenvalue weighted by Gasteiger charge is -2.33. The van der Waals surface area contributed by atoms with Gasteiger partial charge in [0.1, 0.15) is 18.0 Å². The predicted molar refractivity (Wildman–Crippen MR) is 178 cm³/mol. The zero-order chi connectivity index (χ0) is 33.0. The number of para-hydroxylation sites is 2. The highest BCUT2D eigenvalue weighted by Gasteiger charge is 2.40. The number of benzene rings is 4. The fraction of sp³-hybridized carbons (Fsp3) is 0.316. The predicted octanol–water partition coefficient (Wildman–Crippen LogP) is 8.85. The summed E-state index contributed by atoms with van der Waals surface area (Å²) in [6, 6.07) is 25.5. The SMILES string of the molecule is CCCCc1c(N2CCCCC2)cc(NC(=O)c2ccccc2Oc2ccccc2)c2c1C(C(=O)NCC(F)(F)F)c1ccccc1-2. The molecule has 0 aromatic heterocycles. The van der Waals surface area contributed by atoms with E-state index >= 15 is 0 Å². The van der Waals surface area contributed by atoms with Crippen molar-refractivity contribution in [3.05, 3.63) is 107 Å². The summed E-state index contributed by atoms with van der Waals surface area (Å²) in [5, 5.41) is 5.31. The fourth-order valence-corrected chi connectivity index (χ4v) is 6.71. The highest BCUT2D eigenvalue weighted by molar-refractivity contribution is 6.11. The molecule has 1 aliphatic carbocycles. The molecule has 1 heterocycles. The number of carbonyl (C=O) groups excluding carboxylic acids is 2. The van der Waals surface area contributed by atoms with E-state index in [1.54, 1.807) is 36.4 Å². The van der Waals surface area contributed by atoms with Gasteiger partial charge in [0, 0.05) is 24.3 Å². The van der Waals surface area contributed by atoms with Crippen LogP contribution in [-0.2, 0) is 11.2 Å². The van der Waals surface area contributed by atoms with Crippen LogP contribution in [0.1, 0.15) is 72.0 Å². The summed E-state index contributed by atoms with van der Waals surface area (Å²) in [4.78, 5) is 30.2. The number of ether oxygens (including phenoxy) is 1. The van der Waals surface area contributed by atoms with Crippen molar-refractivity contribution in [1.29, 1.82) is 0 Å². The Hall–Kier alpha value is -4.79. The lowest BCUT2D eigenvalue weighted by Crippen LogP contribution is -2.37. The number of nitrogens with one attached hydrogen (secondary N) is 2. The largest absolute Gasteiger partial charge is 0.457 e. The second kappa shape index (κ2) is 13.9. The van der Waals surface area contributed by atoms with Gasteiger partial charge in [-0.05, 0) is 84.7 Å². The lowest BCUT2D eigenvalue weighted by molar-refractivity contribution is -0.138. The number of piperidine rings is 1. The van der Waals surface area contributed by atoms with E-state index < -0.39 is 30.5 Å². The van der Waals surface area contributed by atoms with E-state index in [0.717, 1.165) is 62.0 Å². The molecule has 0 spiro atoms. The molecule has 1 saturated heterocycles. The number of rotatable bonds is 10. The number of anilines is 2. The third-order valence-corrected chi connectivity index (χ3v) is 8.84. The Morgan fingerprint density at radius 1 is 0.915 bits per heavy atom. The lowest BCUT2D eigenvalue weighted by atomic mass is 9.87. The first-order valence-corrected chi connectivity index (χ1v) is 16.3. The Morgan fingerprint density at radius 3 is 2.36 bits per heavy atom. The highest BCUT2D eigenvalue weighted by atomic mass is 19.4. The number of amides is 2. The molecule has 2 N–H and O–H groups in total. The number of unbranched alkanes of at least 4 members (excludes halogenated alkanes) is 1. The Kier molecular flexibility index (Phi) is 9.52. The minimum atomic E-state index is -4.55. The average molecular weight is 642 g/mol. The van der Waals surface area contributed by atoms with E-state index in [1.807, 2.05) is 48.5 Å². The highest BCUT2D eigenvalue weighted by Crippen LogP contribution is 2.53. The molecule has 1 atom stereocenters. The van der Waals surface area contributed by atoms with Gasteiger partial charge in [-0.3, -0.25) is 9.59 Å². The maximum Gasteiger partial charge on any atom is 0.405 e. The van der Waals surface area contributed by atoms with Crippen molar-refractivity contribution in [3.63, 3.8) is 0 Å². The van der Waals surface area contributed by atoms with Gasteiger partial charge in [0.25, 0.3) is 5.91 Å². The molecule has 2 amide bonds. The number of carbonyl (C=O) groups is 2. The van der Waals surface area contributed by atoms with E-state index in [0.29, 0.717) is 45.9 Å². The molecule has 4 aromatic rings. The molecular formula is C38H38F3N3O3. The number of alkyl halides is 3. The van der Waals surface area contributed by atoms with Crippen LogP contribution in [0.5, 0.6) is 11.5 Å². The van der Waals surface area contributed by atoms with Crippen LogP contribution >= 0.6 is 0 Å². The summed E-state index contributed by atoms with van der Waals surface area (Å²) >= 11 is 0. The third-order valence-electron chi connectivity index (χ3n) is 8.84. The summed E-state index contributed by atoms with van der Waals surface area (Å²) in [6.07, 6.45) is 0.980. The number of halogens is 3. The van der Waals surface area contributed by atoms with Crippen molar-refractivity contribution in [2.24, 2.45) is 0 Å². The summed E-state index contributed by atoms with van der Waals surface area (Å²) in [5.74, 6) is -1.09. The van der Waals surface area contributed by atoms with Crippen molar-refractivity contribution in [3.8, 4) is 22.6 Å². The molecule has 6 nitrogen and oxygen atoms in total. The van der Waals surface area contributed by atoms with Crippen molar-refractivity contribution in [2.45, 2.75) is 57.5 Å². The van der Waals surface area contributed by atoms with Crippen molar-refractivity contribution in [1.82, 2.24) is 5.32 Å². The van der Waals surface area contributed by atoms with Gasteiger partial charge in [0.2, 0.25) is 5.91 Å². The monoisotopic (exact) mass is 641 g/mol. The molecule has 0 saturated carbocycles. The first kappa shape index (κ1) is 32.2. The third kappa shape index (κ3) is 6.99. The van der Waals surface area contributed by atoms with Crippen LogP contribution in [0, 0.1) is 0 Å². The van der Waals surface area contributed by atoms with E-state index in [2.05, 4.69) is 22.5 Å². The van der Waals surface area contributed by atoms with Crippen molar-refractivity contribution < 1.29 is 27.5 Å². The molecular weight excluding hydrogens is 603 g/mol. The molecule has 1 unspecified atom stereocenters. The van der Waals surface area contributed by atoms with E-state index in [9.17, 15) is 22.8 Å². The van der Waals surface area contributed by atoms with Gasteiger partial charge in [-0.15, -0.1) is 0 Å². The Bertz CT molecular complexity index is 1750. The Balaban J connectivity index is 1.50. The van der Waals surface area contributed by atoms with Gasteiger partial charge < -0.3 is 20.3 Å². The fourth-order valence-electron chi connectivity index (χ4n) is 6.71. The van der Waals surface area contributed by atoms with Crippen molar-refractivity contribution >= 4 is 23.2 Å². The summed E-state index contributed by atoms with van der Waals surface area (Å²) < 4.78 is 46.0. The van der Waals surface area contributed by atoms with Crippen LogP contribution in [0.3, 0.4) is 0 Å². The Morgan fingerprint density at radius 2 is 1.62 bits per heavy atom. The molecule has 2 aliphatic rings. The van der Waals surface area contributed by atoms with Crippen LogP contribution in [0.25, 0.3) is 11.1 Å². The summed E-state index contributed by atoms with van der Waals surface area (Å²) in [5.41, 5.74) is 5.41. The first-order valence-electron chi connectivity index (χ1n) is 16.3. The van der Waals surface area contributed by atoms with E-state index in [-0.39, 0.29) is 0 Å². The van der Waals surface area contributed by atoms with Crippen LogP contribution in [0.2, 0.25) is 0 Å². The molecule has 244 valence electrons. The van der Waals surface area contributed by atoms with Crippen LogP contribution < -0.4 is 20.3 Å². The van der Waals surface area contributed by atoms with Gasteiger partial charge in [-0.25, -0.2) is 0 Å². The van der Waals surface area contributed by atoms with Gasteiger partial charge in [0.05, 0.1) is 17.2 Å². The topological polar surface area (TPSA) is 70.7 Å². The minimum Gasteiger partial charge on any atom is -0.457 e. The normalized spacial score (nSPS) is 15.5. The number of hydrogen-bond donors (Lipinski definition) is 2. The van der Waals surface area contributed by atoms with Gasteiger partial charge in [0.15, 0.2) is 0 Å². The second-order valence-corrected chi connectivity index (χ2v) is 12.1. The number of fused-ring (bicyclic) bond motifs is 3. The molecule has 4 aromatic carbocycles.